The maximum absolute atomic E-state index is 5.29. The third kappa shape index (κ3) is 3.70. The number of unbranched alkanes of at least 4 members (excludes halogenated alkanes) is 2. The van der Waals surface area contributed by atoms with Gasteiger partial charge in [0.05, 0.1) is 7.11 Å². The average Bonchev–Trinajstić information content (AvgIpc) is 2.25. The smallest absolute Gasteiger partial charge is 0.122 e. The van der Waals surface area contributed by atoms with Crippen LogP contribution in [0, 0.1) is 0 Å². The second kappa shape index (κ2) is 6.88. The van der Waals surface area contributed by atoms with Gasteiger partial charge in [0.25, 0.3) is 0 Å². The van der Waals surface area contributed by atoms with Crippen molar-refractivity contribution >= 4 is 15.9 Å². The Labute approximate surface area is 94.6 Å². The lowest BCUT2D eigenvalue weighted by Crippen LogP contribution is -1.92. The number of hydrogen-bond donors (Lipinski definition) is 0. The molecular weight excluding hydrogens is 240 g/mol. The fourth-order valence-electron chi connectivity index (χ4n) is 1.50. The van der Waals surface area contributed by atoms with Gasteiger partial charge >= 0.3 is 0 Å². The molecule has 0 aromatic heterocycles. The summed E-state index contributed by atoms with van der Waals surface area (Å²) in [6.07, 6.45) is 4.90. The van der Waals surface area contributed by atoms with E-state index in [-0.39, 0.29) is 0 Å². The number of methoxy groups -OCH3 is 1. The van der Waals surface area contributed by atoms with Gasteiger partial charge < -0.3 is 4.74 Å². The molecule has 1 aromatic rings. The van der Waals surface area contributed by atoms with E-state index in [1.165, 1.54) is 24.8 Å². The third-order valence-corrected chi connectivity index (χ3v) is 2.83. The number of para-hydroxylation sites is 1. The van der Waals surface area contributed by atoms with Crippen LogP contribution in [0.15, 0.2) is 24.3 Å². The van der Waals surface area contributed by atoms with Gasteiger partial charge in [0.1, 0.15) is 5.75 Å². The minimum absolute atomic E-state index is 1.02. The molecule has 0 saturated heterocycles. The van der Waals surface area contributed by atoms with Crippen molar-refractivity contribution in [1.29, 1.82) is 0 Å². The summed E-state index contributed by atoms with van der Waals surface area (Å²) in [5, 5.41) is 1.11. The highest BCUT2D eigenvalue weighted by Crippen LogP contribution is 2.19. The molecule has 0 bridgehead atoms. The van der Waals surface area contributed by atoms with Gasteiger partial charge in [-0.1, -0.05) is 40.5 Å². The molecule has 1 aromatic carbocycles. The van der Waals surface area contributed by atoms with E-state index in [0.717, 1.165) is 17.5 Å². The molecule has 0 aliphatic rings. The lowest BCUT2D eigenvalue weighted by Gasteiger charge is -2.07. The summed E-state index contributed by atoms with van der Waals surface area (Å²) in [5.74, 6) is 1.02. The number of benzene rings is 1. The fourth-order valence-corrected chi connectivity index (χ4v) is 1.89. The van der Waals surface area contributed by atoms with Crippen LogP contribution in [0.1, 0.15) is 24.8 Å². The summed E-state index contributed by atoms with van der Waals surface area (Å²) in [5.41, 5.74) is 1.32. The Bertz CT molecular complexity index is 260. The predicted molar refractivity (Wildman–Crippen MR) is 64.3 cm³/mol. The molecule has 0 aliphatic carbocycles. The van der Waals surface area contributed by atoms with Gasteiger partial charge in [-0.25, -0.2) is 0 Å². The highest BCUT2D eigenvalue weighted by Gasteiger charge is 2.00. The summed E-state index contributed by atoms with van der Waals surface area (Å²) < 4.78 is 5.29. The maximum Gasteiger partial charge on any atom is 0.122 e. The number of hydrogen-bond acceptors (Lipinski definition) is 1. The van der Waals surface area contributed by atoms with Crippen molar-refractivity contribution in [3.63, 3.8) is 0 Å². The largest absolute Gasteiger partial charge is 0.496 e. The number of halogens is 1. The monoisotopic (exact) mass is 256 g/mol. The third-order valence-electron chi connectivity index (χ3n) is 2.27. The Kier molecular flexibility index (Phi) is 5.69. The van der Waals surface area contributed by atoms with E-state index in [2.05, 4.69) is 28.1 Å². The van der Waals surface area contributed by atoms with Crippen molar-refractivity contribution in [2.24, 2.45) is 0 Å². The highest BCUT2D eigenvalue weighted by atomic mass is 79.9. The Morgan fingerprint density at radius 1 is 1.14 bits per heavy atom. The van der Waals surface area contributed by atoms with Crippen molar-refractivity contribution < 1.29 is 4.74 Å². The number of rotatable bonds is 6. The molecule has 0 N–H and O–H groups in total. The molecule has 0 heterocycles. The summed E-state index contributed by atoms with van der Waals surface area (Å²) >= 11 is 3.44. The van der Waals surface area contributed by atoms with Gasteiger partial charge in [0.2, 0.25) is 0 Å². The fraction of sp³-hybridized carbons (Fsp3) is 0.500. The van der Waals surface area contributed by atoms with Crippen LogP contribution >= 0.6 is 15.9 Å². The molecular formula is C12H17BrO. The number of aryl methyl sites for hydroxylation is 1. The summed E-state index contributed by atoms with van der Waals surface area (Å²) in [4.78, 5) is 0. The van der Waals surface area contributed by atoms with Crippen molar-refractivity contribution in [2.75, 3.05) is 12.4 Å². The van der Waals surface area contributed by atoms with Crippen LogP contribution in [0.2, 0.25) is 0 Å². The van der Waals surface area contributed by atoms with E-state index in [1.54, 1.807) is 7.11 Å². The van der Waals surface area contributed by atoms with Crippen LogP contribution in [0.3, 0.4) is 0 Å². The molecule has 0 aliphatic heterocycles. The maximum atomic E-state index is 5.29. The van der Waals surface area contributed by atoms with Crippen LogP contribution < -0.4 is 4.74 Å². The SMILES string of the molecule is COc1ccccc1CCCCCBr. The Morgan fingerprint density at radius 3 is 2.64 bits per heavy atom. The topological polar surface area (TPSA) is 9.23 Å². The van der Waals surface area contributed by atoms with Crippen molar-refractivity contribution in [1.82, 2.24) is 0 Å². The van der Waals surface area contributed by atoms with E-state index in [4.69, 9.17) is 4.74 Å². The minimum atomic E-state index is 1.02. The van der Waals surface area contributed by atoms with Gasteiger partial charge in [0.15, 0.2) is 0 Å². The number of ether oxygens (including phenoxy) is 1. The molecule has 0 spiro atoms. The van der Waals surface area contributed by atoms with E-state index in [1.807, 2.05) is 12.1 Å². The van der Waals surface area contributed by atoms with Gasteiger partial charge in [-0.15, -0.1) is 0 Å². The zero-order valence-corrected chi connectivity index (χ0v) is 10.2. The van der Waals surface area contributed by atoms with Gasteiger partial charge in [-0.2, -0.15) is 0 Å². The lowest BCUT2D eigenvalue weighted by molar-refractivity contribution is 0.409. The summed E-state index contributed by atoms with van der Waals surface area (Å²) in [6, 6.07) is 8.26. The summed E-state index contributed by atoms with van der Waals surface area (Å²) in [6.45, 7) is 0. The van der Waals surface area contributed by atoms with Crippen LogP contribution in [0.4, 0.5) is 0 Å². The molecule has 2 heteroatoms. The Hall–Kier alpha value is -0.500. The van der Waals surface area contributed by atoms with E-state index in [0.29, 0.717) is 0 Å². The van der Waals surface area contributed by atoms with Crippen LogP contribution in [-0.2, 0) is 6.42 Å². The molecule has 0 atom stereocenters. The van der Waals surface area contributed by atoms with Crippen LogP contribution in [0.5, 0.6) is 5.75 Å². The summed E-state index contributed by atoms with van der Waals surface area (Å²) in [7, 11) is 1.73. The first-order chi connectivity index (χ1) is 6.88. The molecule has 0 saturated carbocycles. The molecule has 78 valence electrons. The minimum Gasteiger partial charge on any atom is -0.496 e. The normalized spacial score (nSPS) is 10.1. The van der Waals surface area contributed by atoms with Gasteiger partial charge in [0, 0.05) is 5.33 Å². The zero-order valence-electron chi connectivity index (χ0n) is 8.63. The Morgan fingerprint density at radius 2 is 1.93 bits per heavy atom. The van der Waals surface area contributed by atoms with E-state index < -0.39 is 0 Å². The predicted octanol–water partition coefficient (Wildman–Crippen LogP) is 3.80. The molecule has 14 heavy (non-hydrogen) atoms. The second-order valence-electron chi connectivity index (χ2n) is 3.31. The average molecular weight is 257 g/mol. The molecule has 1 nitrogen and oxygen atoms in total. The molecule has 0 unspecified atom stereocenters. The van der Waals surface area contributed by atoms with Crippen LogP contribution in [0.25, 0.3) is 0 Å². The van der Waals surface area contributed by atoms with Crippen molar-refractivity contribution in [3.05, 3.63) is 29.8 Å². The zero-order chi connectivity index (χ0) is 10.2. The quantitative estimate of drug-likeness (QED) is 0.556. The lowest BCUT2D eigenvalue weighted by atomic mass is 10.1. The second-order valence-corrected chi connectivity index (χ2v) is 4.10. The van der Waals surface area contributed by atoms with E-state index >= 15 is 0 Å². The molecule has 1 rings (SSSR count). The first-order valence-corrected chi connectivity index (χ1v) is 6.18. The molecule has 0 radical (unpaired) electrons. The number of alkyl halides is 1. The van der Waals surface area contributed by atoms with Crippen molar-refractivity contribution in [3.8, 4) is 5.75 Å². The first-order valence-electron chi connectivity index (χ1n) is 5.06. The standard InChI is InChI=1S/C12H17BrO/c1-14-12-9-5-4-8-11(12)7-3-2-6-10-13/h4-5,8-9H,2-3,6-7,10H2,1H3. The van der Waals surface area contributed by atoms with Crippen molar-refractivity contribution in [2.45, 2.75) is 25.7 Å². The Balaban J connectivity index is 2.41. The van der Waals surface area contributed by atoms with Gasteiger partial charge in [-0.3, -0.25) is 0 Å². The first kappa shape index (κ1) is 11.6. The van der Waals surface area contributed by atoms with Crippen LogP contribution in [-0.4, -0.2) is 12.4 Å². The van der Waals surface area contributed by atoms with E-state index in [9.17, 15) is 0 Å². The highest BCUT2D eigenvalue weighted by molar-refractivity contribution is 9.09. The van der Waals surface area contributed by atoms with Gasteiger partial charge in [-0.05, 0) is 30.9 Å². The molecule has 0 fully saturated rings. The molecule has 0 amide bonds.